The van der Waals surface area contributed by atoms with Crippen molar-refractivity contribution < 1.29 is 4.74 Å². The van der Waals surface area contributed by atoms with Crippen molar-refractivity contribution >= 4 is 23.2 Å². The predicted molar refractivity (Wildman–Crippen MR) is 66.9 cm³/mol. The Kier molecular flexibility index (Phi) is 2.82. The van der Waals surface area contributed by atoms with E-state index in [0.29, 0.717) is 16.7 Å². The summed E-state index contributed by atoms with van der Waals surface area (Å²) in [6, 6.07) is 5.43. The maximum absolute atomic E-state index is 6.18. The number of hydrogen-bond acceptors (Lipinski definition) is 2. The van der Waals surface area contributed by atoms with Crippen LogP contribution in [-0.4, -0.2) is 16.4 Å². The van der Waals surface area contributed by atoms with E-state index in [4.69, 9.17) is 27.9 Å². The summed E-state index contributed by atoms with van der Waals surface area (Å²) < 4.78 is 7.23. The number of aromatic nitrogens is 2. The highest BCUT2D eigenvalue weighted by Crippen LogP contribution is 2.30. The molecule has 0 N–H and O–H groups in total. The third-order valence-corrected chi connectivity index (χ3v) is 3.47. The van der Waals surface area contributed by atoms with Crippen molar-refractivity contribution in [3.05, 3.63) is 45.7 Å². The fraction of sp³-hybridized carbons (Fsp3) is 0.250. The lowest BCUT2D eigenvalue weighted by Crippen LogP contribution is -2.13. The number of ether oxygens (including phenoxy) is 1. The average molecular weight is 269 g/mol. The summed E-state index contributed by atoms with van der Waals surface area (Å²) in [5.41, 5.74) is 2.96. The van der Waals surface area contributed by atoms with Crippen molar-refractivity contribution in [2.75, 3.05) is 6.61 Å². The summed E-state index contributed by atoms with van der Waals surface area (Å²) in [4.78, 5) is 0. The number of benzene rings is 1. The third-order valence-electron chi connectivity index (χ3n) is 2.86. The lowest BCUT2D eigenvalue weighted by Gasteiger charge is -2.16. The van der Waals surface area contributed by atoms with Gasteiger partial charge in [0.2, 0.25) is 0 Å². The molecule has 1 aromatic carbocycles. The van der Waals surface area contributed by atoms with Crippen LogP contribution in [0.1, 0.15) is 11.3 Å². The van der Waals surface area contributed by atoms with Crippen LogP contribution < -0.4 is 0 Å². The second-order valence-corrected chi connectivity index (χ2v) is 4.72. The molecule has 2 aromatic rings. The minimum absolute atomic E-state index is 0.552. The fourth-order valence-electron chi connectivity index (χ4n) is 2.01. The largest absolute Gasteiger partial charge is 0.375 e. The zero-order chi connectivity index (χ0) is 11.8. The molecule has 88 valence electrons. The normalized spacial score (nSPS) is 14.7. The molecular weight excluding hydrogens is 259 g/mol. The van der Waals surface area contributed by atoms with E-state index in [0.717, 1.165) is 24.4 Å². The van der Waals surface area contributed by atoms with Gasteiger partial charge in [-0.1, -0.05) is 29.3 Å². The van der Waals surface area contributed by atoms with Crippen LogP contribution in [0, 0.1) is 0 Å². The molecule has 17 heavy (non-hydrogen) atoms. The Hall–Kier alpha value is -1.03. The van der Waals surface area contributed by atoms with Crippen LogP contribution in [-0.2, 0) is 17.8 Å². The van der Waals surface area contributed by atoms with E-state index < -0.39 is 0 Å². The van der Waals surface area contributed by atoms with E-state index in [2.05, 4.69) is 5.10 Å². The Bertz CT molecular complexity index is 545. The second kappa shape index (κ2) is 4.33. The minimum atomic E-state index is 0.552. The van der Waals surface area contributed by atoms with Gasteiger partial charge in [-0.3, -0.25) is 0 Å². The lowest BCUT2D eigenvalue weighted by atomic mass is 10.1. The number of rotatable bonds is 1. The fourth-order valence-corrected chi connectivity index (χ4v) is 2.56. The molecule has 1 aliphatic rings. The molecule has 2 heterocycles. The summed E-state index contributed by atoms with van der Waals surface area (Å²) in [7, 11) is 0. The van der Waals surface area contributed by atoms with Crippen LogP contribution in [0.2, 0.25) is 10.0 Å². The smallest absolute Gasteiger partial charge is 0.102 e. The van der Waals surface area contributed by atoms with E-state index in [1.54, 1.807) is 16.8 Å². The van der Waals surface area contributed by atoms with E-state index in [9.17, 15) is 0 Å². The van der Waals surface area contributed by atoms with E-state index in [1.807, 2.05) is 12.3 Å². The van der Waals surface area contributed by atoms with Gasteiger partial charge in [0.1, 0.15) is 5.69 Å². The van der Waals surface area contributed by atoms with E-state index >= 15 is 0 Å². The van der Waals surface area contributed by atoms with Gasteiger partial charge in [0.25, 0.3) is 0 Å². The van der Waals surface area contributed by atoms with Crippen molar-refractivity contribution in [1.29, 1.82) is 0 Å². The first kappa shape index (κ1) is 11.1. The minimum Gasteiger partial charge on any atom is -0.375 e. The average Bonchev–Trinajstić information content (AvgIpc) is 2.73. The second-order valence-electron chi connectivity index (χ2n) is 3.90. The summed E-state index contributed by atoms with van der Waals surface area (Å²) in [6.07, 6.45) is 2.74. The van der Waals surface area contributed by atoms with Crippen molar-refractivity contribution in [3.8, 4) is 5.69 Å². The lowest BCUT2D eigenvalue weighted by molar-refractivity contribution is 0.106. The number of nitrogens with zero attached hydrogens (tertiary/aromatic N) is 2. The molecule has 0 spiro atoms. The van der Waals surface area contributed by atoms with Crippen LogP contribution in [0.5, 0.6) is 0 Å². The molecule has 3 nitrogen and oxygen atoms in total. The molecular formula is C12H10Cl2N2O. The van der Waals surface area contributed by atoms with Crippen molar-refractivity contribution in [2.24, 2.45) is 0 Å². The van der Waals surface area contributed by atoms with Crippen molar-refractivity contribution in [2.45, 2.75) is 13.0 Å². The SMILES string of the molecule is Clc1cccc(Cl)c1-n1ncc2c1COCC2. The first-order valence-electron chi connectivity index (χ1n) is 5.35. The topological polar surface area (TPSA) is 27.1 Å². The Morgan fingerprint density at radius 2 is 2.00 bits per heavy atom. The Balaban J connectivity index is 2.19. The highest BCUT2D eigenvalue weighted by molar-refractivity contribution is 6.37. The van der Waals surface area contributed by atoms with Gasteiger partial charge in [-0.25, -0.2) is 4.68 Å². The quantitative estimate of drug-likeness (QED) is 0.794. The van der Waals surface area contributed by atoms with Crippen LogP contribution in [0.4, 0.5) is 0 Å². The first-order valence-corrected chi connectivity index (χ1v) is 6.11. The summed E-state index contributed by atoms with van der Waals surface area (Å²) in [6.45, 7) is 1.30. The van der Waals surface area contributed by atoms with Gasteiger partial charge in [-0.05, 0) is 24.1 Å². The van der Waals surface area contributed by atoms with E-state index in [1.165, 1.54) is 5.56 Å². The monoisotopic (exact) mass is 268 g/mol. The van der Waals surface area contributed by atoms with Gasteiger partial charge >= 0.3 is 0 Å². The molecule has 0 saturated heterocycles. The highest BCUT2D eigenvalue weighted by Gasteiger charge is 2.19. The van der Waals surface area contributed by atoms with Crippen molar-refractivity contribution in [1.82, 2.24) is 9.78 Å². The van der Waals surface area contributed by atoms with Crippen LogP contribution in [0.25, 0.3) is 5.69 Å². The molecule has 0 bridgehead atoms. The molecule has 0 unspecified atom stereocenters. The molecule has 0 amide bonds. The standard InChI is InChI=1S/C12H10Cl2N2O/c13-9-2-1-3-10(14)12(9)16-11-7-17-5-4-8(11)6-15-16/h1-3,6H,4-5,7H2. The molecule has 1 aliphatic heterocycles. The highest BCUT2D eigenvalue weighted by atomic mass is 35.5. The Morgan fingerprint density at radius 1 is 1.24 bits per heavy atom. The number of fused-ring (bicyclic) bond motifs is 1. The molecule has 3 rings (SSSR count). The zero-order valence-electron chi connectivity index (χ0n) is 8.99. The van der Waals surface area contributed by atoms with Gasteiger partial charge in [-0.15, -0.1) is 0 Å². The summed E-state index contributed by atoms with van der Waals surface area (Å²) in [5, 5.41) is 5.54. The van der Waals surface area contributed by atoms with Gasteiger partial charge < -0.3 is 4.74 Å². The maximum atomic E-state index is 6.18. The Labute approximate surface area is 109 Å². The third kappa shape index (κ3) is 1.84. The summed E-state index contributed by atoms with van der Waals surface area (Å²) in [5.74, 6) is 0. The summed E-state index contributed by atoms with van der Waals surface area (Å²) >= 11 is 12.4. The molecule has 0 aliphatic carbocycles. The van der Waals surface area contributed by atoms with Crippen LogP contribution >= 0.6 is 23.2 Å². The van der Waals surface area contributed by atoms with Crippen LogP contribution in [0.15, 0.2) is 24.4 Å². The molecule has 0 saturated carbocycles. The van der Waals surface area contributed by atoms with Crippen molar-refractivity contribution in [3.63, 3.8) is 0 Å². The zero-order valence-corrected chi connectivity index (χ0v) is 10.5. The molecule has 1 aromatic heterocycles. The Morgan fingerprint density at radius 3 is 2.76 bits per heavy atom. The van der Waals surface area contributed by atoms with Gasteiger partial charge in [-0.2, -0.15) is 5.10 Å². The van der Waals surface area contributed by atoms with E-state index in [-0.39, 0.29) is 0 Å². The van der Waals surface area contributed by atoms with Gasteiger partial charge in [0.05, 0.1) is 35.1 Å². The number of hydrogen-bond donors (Lipinski definition) is 0. The molecule has 0 fully saturated rings. The predicted octanol–water partition coefficient (Wildman–Crippen LogP) is 3.25. The molecule has 5 heteroatoms. The first-order chi connectivity index (χ1) is 8.27. The maximum Gasteiger partial charge on any atom is 0.102 e. The molecule has 0 radical (unpaired) electrons. The number of para-hydroxylation sites is 1. The van der Waals surface area contributed by atoms with Crippen LogP contribution in [0.3, 0.4) is 0 Å². The number of halogens is 2. The molecule has 0 atom stereocenters. The van der Waals surface area contributed by atoms with Gasteiger partial charge in [0, 0.05) is 0 Å². The van der Waals surface area contributed by atoms with Gasteiger partial charge in [0.15, 0.2) is 0 Å².